The van der Waals surface area contributed by atoms with Crippen LogP contribution in [-0.2, 0) is 6.42 Å². The van der Waals surface area contributed by atoms with Crippen molar-refractivity contribution >= 4 is 0 Å². The predicted octanol–water partition coefficient (Wildman–Crippen LogP) is 3.81. The molecule has 2 aromatic carbocycles. The first-order valence-corrected chi connectivity index (χ1v) is 6.47. The Morgan fingerprint density at radius 3 is 2.21 bits per heavy atom. The van der Waals surface area contributed by atoms with E-state index >= 15 is 0 Å². The van der Waals surface area contributed by atoms with Crippen LogP contribution in [0.4, 0.5) is 0 Å². The number of hydrogen-bond donors (Lipinski definition) is 3. The van der Waals surface area contributed by atoms with E-state index in [1.54, 1.807) is 6.07 Å². The van der Waals surface area contributed by atoms with Gasteiger partial charge in [0.25, 0.3) is 0 Å². The Hall–Kier alpha value is -2.16. The summed E-state index contributed by atoms with van der Waals surface area (Å²) in [4.78, 5) is 0. The Kier molecular flexibility index (Phi) is 3.95. The molecular formula is C16H18O3. The molecule has 0 bridgehead atoms. The summed E-state index contributed by atoms with van der Waals surface area (Å²) in [5.41, 5.74) is 2.02. The lowest BCUT2D eigenvalue weighted by molar-refractivity contribution is 0.365. The third-order valence-corrected chi connectivity index (χ3v) is 3.21. The summed E-state index contributed by atoms with van der Waals surface area (Å²) in [5, 5.41) is 29.7. The van der Waals surface area contributed by atoms with E-state index in [9.17, 15) is 15.3 Å². The number of phenols is 3. The summed E-state index contributed by atoms with van der Waals surface area (Å²) in [7, 11) is 0. The minimum absolute atomic E-state index is 0.217. The van der Waals surface area contributed by atoms with Gasteiger partial charge in [0.1, 0.15) is 0 Å². The minimum Gasteiger partial charge on any atom is -0.504 e. The van der Waals surface area contributed by atoms with E-state index < -0.39 is 5.75 Å². The molecule has 2 rings (SSSR count). The van der Waals surface area contributed by atoms with Crippen LogP contribution in [0.15, 0.2) is 36.4 Å². The quantitative estimate of drug-likeness (QED) is 0.731. The Morgan fingerprint density at radius 2 is 1.58 bits per heavy atom. The van der Waals surface area contributed by atoms with Crippen LogP contribution in [0.2, 0.25) is 0 Å². The van der Waals surface area contributed by atoms with Crippen LogP contribution >= 0.6 is 0 Å². The third kappa shape index (κ3) is 2.65. The number of aryl methyl sites for hydroxylation is 1. The molecule has 3 heteroatoms. The second-order valence-electron chi connectivity index (χ2n) is 4.60. The highest BCUT2D eigenvalue weighted by Crippen LogP contribution is 2.45. The van der Waals surface area contributed by atoms with Gasteiger partial charge in [0.05, 0.1) is 0 Å². The lowest BCUT2D eigenvalue weighted by atomic mass is 9.98. The molecule has 0 saturated heterocycles. The first kappa shape index (κ1) is 13.3. The van der Waals surface area contributed by atoms with Gasteiger partial charge in [-0.2, -0.15) is 0 Å². The molecule has 100 valence electrons. The average molecular weight is 258 g/mol. The zero-order valence-electron chi connectivity index (χ0n) is 10.9. The molecule has 0 amide bonds. The summed E-state index contributed by atoms with van der Waals surface area (Å²) < 4.78 is 0. The van der Waals surface area contributed by atoms with Crippen molar-refractivity contribution in [1.29, 1.82) is 0 Å². The van der Waals surface area contributed by atoms with Gasteiger partial charge in [-0.05, 0) is 30.0 Å². The third-order valence-electron chi connectivity index (χ3n) is 3.21. The van der Waals surface area contributed by atoms with Crippen molar-refractivity contribution in [3.05, 3.63) is 42.0 Å². The zero-order valence-corrected chi connectivity index (χ0v) is 10.9. The molecule has 0 aliphatic rings. The molecule has 2 aromatic rings. The van der Waals surface area contributed by atoms with Gasteiger partial charge in [-0.15, -0.1) is 0 Å². The minimum atomic E-state index is -0.438. The molecule has 0 aromatic heterocycles. The predicted molar refractivity (Wildman–Crippen MR) is 75.5 cm³/mol. The van der Waals surface area contributed by atoms with Gasteiger partial charge in [-0.1, -0.05) is 43.7 Å². The Balaban J connectivity index is 2.52. The van der Waals surface area contributed by atoms with Crippen molar-refractivity contribution in [3.63, 3.8) is 0 Å². The zero-order chi connectivity index (χ0) is 13.8. The number of aromatic hydroxyl groups is 3. The van der Waals surface area contributed by atoms with Gasteiger partial charge >= 0.3 is 0 Å². The van der Waals surface area contributed by atoms with E-state index in [0.29, 0.717) is 17.5 Å². The summed E-state index contributed by atoms with van der Waals surface area (Å²) in [6.45, 7) is 2.06. The van der Waals surface area contributed by atoms with E-state index in [-0.39, 0.29) is 11.5 Å². The molecule has 0 aliphatic carbocycles. The van der Waals surface area contributed by atoms with Crippen LogP contribution in [0.25, 0.3) is 11.1 Å². The Labute approximate surface area is 112 Å². The normalized spacial score (nSPS) is 10.6. The van der Waals surface area contributed by atoms with Gasteiger partial charge in [-0.25, -0.2) is 0 Å². The highest BCUT2D eigenvalue weighted by molar-refractivity contribution is 5.76. The molecule has 0 fully saturated rings. The largest absolute Gasteiger partial charge is 0.504 e. The van der Waals surface area contributed by atoms with Crippen molar-refractivity contribution < 1.29 is 15.3 Å². The lowest BCUT2D eigenvalue weighted by Gasteiger charge is -2.12. The topological polar surface area (TPSA) is 60.7 Å². The second-order valence-corrected chi connectivity index (χ2v) is 4.60. The van der Waals surface area contributed by atoms with Crippen LogP contribution in [0.3, 0.4) is 0 Å². The molecule has 19 heavy (non-hydrogen) atoms. The van der Waals surface area contributed by atoms with Gasteiger partial charge < -0.3 is 15.3 Å². The van der Waals surface area contributed by atoms with Gasteiger partial charge in [0.2, 0.25) is 5.75 Å². The van der Waals surface area contributed by atoms with Crippen LogP contribution in [0, 0.1) is 0 Å². The molecule has 3 nitrogen and oxygen atoms in total. The van der Waals surface area contributed by atoms with Crippen molar-refractivity contribution in [1.82, 2.24) is 0 Å². The monoisotopic (exact) mass is 258 g/mol. The summed E-state index contributed by atoms with van der Waals surface area (Å²) in [6, 6.07) is 11.1. The first-order valence-electron chi connectivity index (χ1n) is 6.47. The van der Waals surface area contributed by atoms with E-state index in [4.69, 9.17) is 0 Å². The number of unbranched alkanes of at least 4 members (excludes halogenated alkanes) is 1. The van der Waals surface area contributed by atoms with Crippen molar-refractivity contribution in [2.45, 2.75) is 26.2 Å². The van der Waals surface area contributed by atoms with E-state index in [1.165, 1.54) is 0 Å². The fourth-order valence-electron chi connectivity index (χ4n) is 2.10. The first-order chi connectivity index (χ1) is 9.15. The van der Waals surface area contributed by atoms with Gasteiger partial charge in [0, 0.05) is 5.56 Å². The summed E-state index contributed by atoms with van der Waals surface area (Å²) >= 11 is 0. The van der Waals surface area contributed by atoms with Crippen molar-refractivity contribution in [3.8, 4) is 28.4 Å². The maximum Gasteiger partial charge on any atom is 0.201 e. The van der Waals surface area contributed by atoms with Crippen LogP contribution in [-0.4, -0.2) is 15.3 Å². The standard InChI is InChI=1S/C16H18O3/c1-2-3-7-12-10-13(11-8-5-4-6-9-11)15(18)16(19)14(12)17/h4-6,8-10,17-19H,2-3,7H2,1H3. The lowest BCUT2D eigenvalue weighted by Crippen LogP contribution is -1.90. The average Bonchev–Trinajstić information content (AvgIpc) is 2.45. The highest BCUT2D eigenvalue weighted by atomic mass is 16.3. The number of rotatable bonds is 4. The second kappa shape index (κ2) is 5.65. The molecule has 0 spiro atoms. The number of hydrogen-bond acceptors (Lipinski definition) is 3. The van der Waals surface area contributed by atoms with Crippen LogP contribution < -0.4 is 0 Å². The highest BCUT2D eigenvalue weighted by Gasteiger charge is 2.17. The van der Waals surface area contributed by atoms with E-state index in [1.807, 2.05) is 30.3 Å². The summed E-state index contributed by atoms with van der Waals surface area (Å²) in [6.07, 6.45) is 2.60. The summed E-state index contributed by atoms with van der Waals surface area (Å²) in [5.74, 6) is -0.929. The molecule has 0 atom stereocenters. The molecule has 3 N–H and O–H groups in total. The fourth-order valence-corrected chi connectivity index (χ4v) is 2.10. The molecule has 0 radical (unpaired) electrons. The van der Waals surface area contributed by atoms with Gasteiger partial charge in [0.15, 0.2) is 11.5 Å². The fraction of sp³-hybridized carbons (Fsp3) is 0.250. The van der Waals surface area contributed by atoms with Crippen LogP contribution in [0.1, 0.15) is 25.3 Å². The molecule has 0 saturated carbocycles. The SMILES string of the molecule is CCCCc1cc(-c2ccccc2)c(O)c(O)c1O. The number of benzene rings is 2. The van der Waals surface area contributed by atoms with Crippen molar-refractivity contribution in [2.75, 3.05) is 0 Å². The smallest absolute Gasteiger partial charge is 0.201 e. The molecule has 0 aliphatic heterocycles. The maximum absolute atomic E-state index is 9.97. The Bertz CT molecular complexity index is 562. The van der Waals surface area contributed by atoms with E-state index in [0.717, 1.165) is 18.4 Å². The van der Waals surface area contributed by atoms with Gasteiger partial charge in [-0.3, -0.25) is 0 Å². The van der Waals surface area contributed by atoms with Crippen molar-refractivity contribution in [2.24, 2.45) is 0 Å². The molecule has 0 unspecified atom stereocenters. The maximum atomic E-state index is 9.97. The molecular weight excluding hydrogens is 240 g/mol. The van der Waals surface area contributed by atoms with E-state index in [2.05, 4.69) is 6.92 Å². The van der Waals surface area contributed by atoms with Crippen LogP contribution in [0.5, 0.6) is 17.2 Å². The Morgan fingerprint density at radius 1 is 0.895 bits per heavy atom. The number of phenolic OH excluding ortho intramolecular Hbond substituents is 3. The molecule has 0 heterocycles.